The number of pyridine rings is 1. The van der Waals surface area contributed by atoms with Crippen molar-refractivity contribution in [2.75, 3.05) is 14.2 Å². The van der Waals surface area contributed by atoms with Gasteiger partial charge in [-0.1, -0.05) is 31.2 Å². The van der Waals surface area contributed by atoms with Crippen molar-refractivity contribution in [1.29, 1.82) is 0 Å². The molecule has 1 aromatic heterocycles. The van der Waals surface area contributed by atoms with Crippen molar-refractivity contribution < 1.29 is 23.4 Å². The van der Waals surface area contributed by atoms with E-state index in [1.165, 1.54) is 7.11 Å². The number of fused-ring (bicyclic) bond motifs is 1. The summed E-state index contributed by atoms with van der Waals surface area (Å²) in [6.45, 7) is 1.94. The van der Waals surface area contributed by atoms with Crippen molar-refractivity contribution in [3.63, 3.8) is 0 Å². The normalized spacial score (nSPS) is 18.3. The molecule has 5 nitrogen and oxygen atoms in total. The number of esters is 1. The molecule has 0 bridgehead atoms. The molecule has 0 spiro atoms. The fourth-order valence-corrected chi connectivity index (χ4v) is 5.23. The van der Waals surface area contributed by atoms with Crippen molar-refractivity contribution in [2.45, 2.75) is 44.6 Å². The molecular weight excluding hydrogens is 445 g/mol. The third-order valence-electron chi connectivity index (χ3n) is 7.24. The summed E-state index contributed by atoms with van der Waals surface area (Å²) >= 11 is 0. The van der Waals surface area contributed by atoms with Gasteiger partial charge in [0, 0.05) is 25.1 Å². The molecule has 6 heteroatoms. The van der Waals surface area contributed by atoms with E-state index < -0.39 is 0 Å². The van der Waals surface area contributed by atoms with Crippen LogP contribution in [0.2, 0.25) is 0 Å². The Morgan fingerprint density at radius 3 is 2.63 bits per heavy atom. The van der Waals surface area contributed by atoms with E-state index in [4.69, 9.17) is 14.2 Å². The minimum atomic E-state index is -0.251. The van der Waals surface area contributed by atoms with Gasteiger partial charge in [0.25, 0.3) is 0 Å². The van der Waals surface area contributed by atoms with Gasteiger partial charge in [-0.05, 0) is 70.7 Å². The van der Waals surface area contributed by atoms with E-state index in [0.717, 1.165) is 47.3 Å². The molecule has 2 aromatic carbocycles. The molecule has 0 saturated heterocycles. The standard InChI is InChI=1S/C29H30FNO4/c1-17(29(32)34-3)28(18-4-5-18)23-9-8-22-13-24(35-26(22)15-23)12-21-7-6-19(14-25(21)30)20-10-11-31-27(16-20)33-2/h6-11,14-18,24,28H,4-5,12-13H2,1-3H3. The van der Waals surface area contributed by atoms with Gasteiger partial charge >= 0.3 is 5.97 Å². The molecule has 3 aromatic rings. The first-order valence-electron chi connectivity index (χ1n) is 12.1. The smallest absolute Gasteiger partial charge is 0.309 e. The molecule has 2 heterocycles. The van der Waals surface area contributed by atoms with Crippen LogP contribution in [0.4, 0.5) is 4.39 Å². The van der Waals surface area contributed by atoms with E-state index in [2.05, 4.69) is 23.2 Å². The van der Waals surface area contributed by atoms with Crippen molar-refractivity contribution >= 4 is 5.97 Å². The lowest BCUT2D eigenvalue weighted by atomic mass is 9.83. The predicted molar refractivity (Wildman–Crippen MR) is 131 cm³/mol. The van der Waals surface area contributed by atoms with Gasteiger partial charge in [-0.3, -0.25) is 4.79 Å². The van der Waals surface area contributed by atoms with E-state index in [0.29, 0.717) is 23.8 Å². The second-order valence-electron chi connectivity index (χ2n) is 9.58. The highest BCUT2D eigenvalue weighted by molar-refractivity contribution is 5.73. The van der Waals surface area contributed by atoms with Crippen molar-refractivity contribution in [1.82, 2.24) is 4.98 Å². The van der Waals surface area contributed by atoms with Crippen LogP contribution in [0.25, 0.3) is 11.1 Å². The third-order valence-corrected chi connectivity index (χ3v) is 7.24. The Balaban J connectivity index is 1.30. The van der Waals surface area contributed by atoms with E-state index >= 15 is 4.39 Å². The van der Waals surface area contributed by atoms with Gasteiger partial charge in [0.05, 0.1) is 20.1 Å². The monoisotopic (exact) mass is 475 g/mol. The molecule has 1 saturated carbocycles. The summed E-state index contributed by atoms with van der Waals surface area (Å²) in [5.74, 6) is 1.35. The molecule has 35 heavy (non-hydrogen) atoms. The van der Waals surface area contributed by atoms with Crippen LogP contribution in [-0.2, 0) is 22.4 Å². The Morgan fingerprint density at radius 2 is 1.91 bits per heavy atom. The summed E-state index contributed by atoms with van der Waals surface area (Å²) in [5.41, 5.74) is 4.50. The molecule has 2 aliphatic rings. The van der Waals surface area contributed by atoms with Crippen LogP contribution < -0.4 is 9.47 Å². The van der Waals surface area contributed by atoms with Gasteiger partial charge in [0.1, 0.15) is 17.7 Å². The summed E-state index contributed by atoms with van der Waals surface area (Å²) in [4.78, 5) is 16.3. The van der Waals surface area contributed by atoms with Crippen LogP contribution in [0, 0.1) is 17.7 Å². The first kappa shape index (κ1) is 23.3. The maximum absolute atomic E-state index is 15.0. The van der Waals surface area contributed by atoms with Crippen LogP contribution in [0.15, 0.2) is 54.7 Å². The minimum Gasteiger partial charge on any atom is -0.489 e. The Morgan fingerprint density at radius 1 is 1.11 bits per heavy atom. The molecule has 3 atom stereocenters. The number of methoxy groups -OCH3 is 2. The zero-order valence-corrected chi connectivity index (χ0v) is 20.3. The molecule has 3 unspecified atom stereocenters. The number of carbonyl (C=O) groups is 1. The SMILES string of the molecule is COC(=O)C(C)C(c1ccc2c(c1)OC(Cc1ccc(-c3ccnc(OC)c3)cc1F)C2)C1CC1. The zero-order chi connectivity index (χ0) is 24.5. The van der Waals surface area contributed by atoms with Gasteiger partial charge in [0.2, 0.25) is 5.88 Å². The Bertz CT molecular complexity index is 1240. The molecule has 182 valence electrons. The number of aromatic nitrogens is 1. The topological polar surface area (TPSA) is 57.7 Å². The molecule has 1 aliphatic heterocycles. The van der Waals surface area contributed by atoms with Crippen LogP contribution in [0.3, 0.4) is 0 Å². The van der Waals surface area contributed by atoms with Gasteiger partial charge in [0.15, 0.2) is 0 Å². The summed E-state index contributed by atoms with van der Waals surface area (Å²) in [6.07, 6.45) is 5.01. The van der Waals surface area contributed by atoms with Gasteiger partial charge in [-0.2, -0.15) is 0 Å². The number of benzene rings is 2. The van der Waals surface area contributed by atoms with Gasteiger partial charge in [-0.25, -0.2) is 9.37 Å². The van der Waals surface area contributed by atoms with Crippen molar-refractivity contribution in [3.8, 4) is 22.8 Å². The van der Waals surface area contributed by atoms with Crippen LogP contribution in [-0.4, -0.2) is 31.3 Å². The number of carbonyl (C=O) groups excluding carboxylic acids is 1. The zero-order valence-electron chi connectivity index (χ0n) is 20.3. The van der Waals surface area contributed by atoms with Crippen LogP contribution in [0.5, 0.6) is 11.6 Å². The fourth-order valence-electron chi connectivity index (χ4n) is 5.23. The lowest BCUT2D eigenvalue weighted by molar-refractivity contribution is -0.145. The number of halogens is 1. The number of hydrogen-bond donors (Lipinski definition) is 0. The fraction of sp³-hybridized carbons (Fsp3) is 0.379. The summed E-state index contributed by atoms with van der Waals surface area (Å²) < 4.78 is 31.5. The van der Waals surface area contributed by atoms with Crippen LogP contribution in [0.1, 0.15) is 42.4 Å². The van der Waals surface area contributed by atoms with Gasteiger partial charge in [-0.15, -0.1) is 0 Å². The van der Waals surface area contributed by atoms with Crippen molar-refractivity contribution in [3.05, 3.63) is 77.2 Å². The molecule has 0 radical (unpaired) electrons. The van der Waals surface area contributed by atoms with Crippen LogP contribution >= 0.6 is 0 Å². The second kappa shape index (κ2) is 9.68. The lowest BCUT2D eigenvalue weighted by Crippen LogP contribution is -2.22. The van der Waals surface area contributed by atoms with Crippen molar-refractivity contribution in [2.24, 2.45) is 11.8 Å². The largest absolute Gasteiger partial charge is 0.489 e. The maximum Gasteiger partial charge on any atom is 0.309 e. The number of rotatable bonds is 8. The number of nitrogens with zero attached hydrogens (tertiary/aromatic N) is 1. The van der Waals surface area contributed by atoms with Gasteiger partial charge < -0.3 is 14.2 Å². The number of hydrogen-bond acceptors (Lipinski definition) is 5. The molecule has 5 rings (SSSR count). The summed E-state index contributed by atoms with van der Waals surface area (Å²) in [5, 5.41) is 0. The maximum atomic E-state index is 15.0. The highest BCUT2D eigenvalue weighted by Crippen LogP contribution is 2.48. The number of ether oxygens (including phenoxy) is 3. The average molecular weight is 476 g/mol. The predicted octanol–water partition coefficient (Wildman–Crippen LogP) is 5.75. The Labute approximate surface area is 205 Å². The lowest BCUT2D eigenvalue weighted by Gasteiger charge is -2.23. The van der Waals surface area contributed by atoms with E-state index in [1.807, 2.05) is 25.1 Å². The van der Waals surface area contributed by atoms with E-state index in [-0.39, 0.29) is 29.7 Å². The van der Waals surface area contributed by atoms with E-state index in [1.54, 1.807) is 25.4 Å². The quantitative estimate of drug-likeness (QED) is 0.389. The molecule has 0 amide bonds. The Hall–Kier alpha value is -3.41. The second-order valence-corrected chi connectivity index (χ2v) is 9.58. The first-order valence-corrected chi connectivity index (χ1v) is 12.1. The molecule has 0 N–H and O–H groups in total. The molecular formula is C29H30FNO4. The summed E-state index contributed by atoms with van der Waals surface area (Å²) in [7, 11) is 3.00. The highest BCUT2D eigenvalue weighted by atomic mass is 19.1. The Kier molecular flexibility index (Phi) is 6.46. The highest BCUT2D eigenvalue weighted by Gasteiger charge is 2.39. The average Bonchev–Trinajstić information content (AvgIpc) is 3.63. The minimum absolute atomic E-state index is 0.126. The van der Waals surface area contributed by atoms with E-state index in [9.17, 15) is 4.79 Å². The molecule has 1 fully saturated rings. The first-order chi connectivity index (χ1) is 17.0. The molecule has 1 aliphatic carbocycles. The third kappa shape index (κ3) is 4.88. The summed E-state index contributed by atoms with van der Waals surface area (Å²) in [6, 6.07) is 15.2.